The van der Waals surface area contributed by atoms with E-state index in [1.54, 1.807) is 6.07 Å². The van der Waals surface area contributed by atoms with Gasteiger partial charge in [0, 0.05) is 17.8 Å². The zero-order valence-corrected chi connectivity index (χ0v) is 17.7. The Labute approximate surface area is 179 Å². The summed E-state index contributed by atoms with van der Waals surface area (Å²) in [6, 6.07) is 13.6. The van der Waals surface area contributed by atoms with E-state index in [1.165, 1.54) is 7.11 Å². The van der Waals surface area contributed by atoms with E-state index in [4.69, 9.17) is 10.5 Å². The number of amides is 1. The number of oxime groups is 1. The minimum Gasteiger partial charge on any atom is -0.481 e. The Bertz CT molecular complexity index is 1150. The minimum atomic E-state index is -0.865. The van der Waals surface area contributed by atoms with Crippen molar-refractivity contribution in [3.63, 3.8) is 0 Å². The molecule has 162 valence electrons. The Morgan fingerprint density at radius 2 is 1.90 bits per heavy atom. The van der Waals surface area contributed by atoms with Gasteiger partial charge in [-0.05, 0) is 36.6 Å². The van der Waals surface area contributed by atoms with Gasteiger partial charge in [0.15, 0.2) is 12.3 Å². The summed E-state index contributed by atoms with van der Waals surface area (Å²) < 4.78 is 12.5. The van der Waals surface area contributed by atoms with E-state index in [-0.39, 0.29) is 12.3 Å². The van der Waals surface area contributed by atoms with Crippen molar-refractivity contribution in [2.24, 2.45) is 10.9 Å². The number of fused-ring (bicyclic) bond motifs is 1. The summed E-state index contributed by atoms with van der Waals surface area (Å²) in [5.74, 6) is -1.03. The van der Waals surface area contributed by atoms with Crippen LogP contribution in [0.1, 0.15) is 29.3 Å². The van der Waals surface area contributed by atoms with Crippen LogP contribution in [0.2, 0.25) is 0 Å². The lowest BCUT2D eigenvalue weighted by Crippen LogP contribution is -2.25. The van der Waals surface area contributed by atoms with Gasteiger partial charge in [-0.15, -0.1) is 0 Å². The number of carbonyl (C=O) groups is 2. The summed E-state index contributed by atoms with van der Waals surface area (Å²) in [6.45, 7) is 4.07. The Morgan fingerprint density at radius 3 is 2.48 bits per heavy atom. The number of rotatable bonds is 8. The predicted molar refractivity (Wildman–Crippen MR) is 117 cm³/mol. The molecule has 3 N–H and O–H groups in total. The topological polar surface area (TPSA) is 116 Å². The first-order chi connectivity index (χ1) is 14.9. The van der Waals surface area contributed by atoms with Crippen molar-refractivity contribution in [2.45, 2.75) is 26.8 Å². The molecule has 0 unspecified atom stereocenters. The lowest BCUT2D eigenvalue weighted by atomic mass is 10.0. The first-order valence-corrected chi connectivity index (χ1v) is 9.82. The van der Waals surface area contributed by atoms with E-state index in [0.29, 0.717) is 29.7 Å². The fourth-order valence-electron chi connectivity index (χ4n) is 3.72. The van der Waals surface area contributed by atoms with Gasteiger partial charge in [0.25, 0.3) is 5.91 Å². The number of benzene rings is 2. The van der Waals surface area contributed by atoms with Crippen LogP contribution in [0, 0.1) is 6.92 Å². The third kappa shape index (κ3) is 4.37. The van der Waals surface area contributed by atoms with Crippen molar-refractivity contribution in [3.05, 3.63) is 64.8 Å². The molecule has 0 radical (unpaired) electrons. The number of primary amides is 1. The van der Waals surface area contributed by atoms with Gasteiger partial charge in [-0.3, -0.25) is 4.79 Å². The third-order valence-corrected chi connectivity index (χ3v) is 5.04. The first-order valence-electron chi connectivity index (χ1n) is 9.82. The zero-order chi connectivity index (χ0) is 22.5. The summed E-state index contributed by atoms with van der Waals surface area (Å²) in [6.07, 6.45) is 0.540. The van der Waals surface area contributed by atoms with Gasteiger partial charge < -0.3 is 25.0 Å². The highest BCUT2D eigenvalue weighted by molar-refractivity contribution is 6.47. The molecule has 1 amide bonds. The molecule has 1 heterocycles. The van der Waals surface area contributed by atoms with Crippen LogP contribution in [-0.2, 0) is 27.3 Å². The minimum absolute atomic E-state index is 0.263. The van der Waals surface area contributed by atoms with E-state index in [0.717, 1.165) is 22.3 Å². The summed E-state index contributed by atoms with van der Waals surface area (Å²) in [5, 5.41) is 13.3. The number of ether oxygens (including phenoxy) is 2. The van der Waals surface area contributed by atoms with Gasteiger partial charge in [-0.25, -0.2) is 4.79 Å². The van der Waals surface area contributed by atoms with Gasteiger partial charge in [0.1, 0.15) is 5.75 Å². The second-order valence-corrected chi connectivity index (χ2v) is 7.08. The van der Waals surface area contributed by atoms with Crippen molar-refractivity contribution in [2.75, 3.05) is 13.7 Å². The number of aryl methyl sites for hydroxylation is 1. The monoisotopic (exact) mass is 423 g/mol. The van der Waals surface area contributed by atoms with Crippen LogP contribution in [0.25, 0.3) is 10.9 Å². The Balaban J connectivity index is 2.33. The molecule has 8 nitrogen and oxygen atoms in total. The average molecular weight is 423 g/mol. The number of esters is 1. The maximum absolute atomic E-state index is 12.1. The molecule has 3 rings (SSSR count). The molecular formula is C23H25N3O5. The van der Waals surface area contributed by atoms with E-state index < -0.39 is 11.9 Å². The fourth-order valence-corrected chi connectivity index (χ4v) is 3.72. The second kappa shape index (κ2) is 9.34. The van der Waals surface area contributed by atoms with Crippen molar-refractivity contribution in [1.82, 2.24) is 4.57 Å². The van der Waals surface area contributed by atoms with Crippen molar-refractivity contribution in [3.8, 4) is 5.75 Å². The molecule has 2 aromatic carbocycles. The highest BCUT2D eigenvalue weighted by Gasteiger charge is 2.27. The molecule has 0 aliphatic rings. The van der Waals surface area contributed by atoms with E-state index in [9.17, 15) is 14.8 Å². The third-order valence-electron chi connectivity index (χ3n) is 5.04. The first kappa shape index (κ1) is 21.9. The second-order valence-electron chi connectivity index (χ2n) is 7.08. The van der Waals surface area contributed by atoms with Gasteiger partial charge in [-0.1, -0.05) is 42.4 Å². The Kier molecular flexibility index (Phi) is 6.59. The molecule has 0 atom stereocenters. The predicted octanol–water partition coefficient (Wildman–Crippen LogP) is 2.78. The van der Waals surface area contributed by atoms with Crippen LogP contribution < -0.4 is 10.5 Å². The summed E-state index contributed by atoms with van der Waals surface area (Å²) in [4.78, 5) is 23.8. The zero-order valence-electron chi connectivity index (χ0n) is 17.7. The SMILES string of the molecule is CCc1c(/C(=N/O)C(N)=O)c2c(OCC(=O)OC)cc(C)cc2n1Cc1ccccc1. The molecule has 0 saturated heterocycles. The Hall–Kier alpha value is -3.81. The standard InChI is InChI=1S/C23H25N3O5/c1-4-16-21(22(25-29)23(24)28)20-17(26(16)12-15-8-6-5-7-9-15)10-14(2)11-18(20)31-13-19(27)30-3/h5-11,29H,4,12-13H2,1-3H3,(H2,24,28)/b25-22-. The van der Waals surface area contributed by atoms with Crippen LogP contribution in [0.4, 0.5) is 0 Å². The molecule has 1 aromatic heterocycles. The van der Waals surface area contributed by atoms with Crippen molar-refractivity contribution >= 4 is 28.5 Å². The summed E-state index contributed by atoms with van der Waals surface area (Å²) in [7, 11) is 1.28. The van der Waals surface area contributed by atoms with Gasteiger partial charge in [-0.2, -0.15) is 0 Å². The highest BCUT2D eigenvalue weighted by atomic mass is 16.6. The summed E-state index contributed by atoms with van der Waals surface area (Å²) in [5.41, 5.74) is 9.15. The molecular weight excluding hydrogens is 398 g/mol. The molecule has 3 aromatic rings. The van der Waals surface area contributed by atoms with Crippen molar-refractivity contribution < 1.29 is 24.3 Å². The normalized spacial score (nSPS) is 11.5. The molecule has 0 aliphatic heterocycles. The largest absolute Gasteiger partial charge is 0.481 e. The number of nitrogens with zero attached hydrogens (tertiary/aromatic N) is 2. The highest BCUT2D eigenvalue weighted by Crippen LogP contribution is 2.36. The van der Waals surface area contributed by atoms with Crippen molar-refractivity contribution in [1.29, 1.82) is 0 Å². The number of hydrogen-bond donors (Lipinski definition) is 2. The maximum atomic E-state index is 12.1. The van der Waals surface area contributed by atoms with E-state index in [2.05, 4.69) is 9.89 Å². The molecule has 0 aliphatic carbocycles. The van der Waals surface area contributed by atoms with Crippen LogP contribution in [0.15, 0.2) is 47.6 Å². The van der Waals surface area contributed by atoms with Gasteiger partial charge >= 0.3 is 5.97 Å². The van der Waals surface area contributed by atoms with E-state index >= 15 is 0 Å². The van der Waals surface area contributed by atoms with E-state index in [1.807, 2.05) is 54.8 Å². The van der Waals surface area contributed by atoms with Gasteiger partial charge in [0.2, 0.25) is 0 Å². The quantitative estimate of drug-likeness (QED) is 0.250. The van der Waals surface area contributed by atoms with Crippen LogP contribution >= 0.6 is 0 Å². The lowest BCUT2D eigenvalue weighted by Gasteiger charge is -2.12. The molecule has 0 spiro atoms. The molecule has 0 saturated carbocycles. The number of carbonyl (C=O) groups excluding carboxylic acids is 2. The number of methoxy groups -OCH3 is 1. The van der Waals surface area contributed by atoms with Crippen LogP contribution in [0.5, 0.6) is 5.75 Å². The van der Waals surface area contributed by atoms with Crippen LogP contribution in [-0.4, -0.2) is 41.1 Å². The maximum Gasteiger partial charge on any atom is 0.343 e. The molecule has 31 heavy (non-hydrogen) atoms. The smallest absolute Gasteiger partial charge is 0.343 e. The van der Waals surface area contributed by atoms with Gasteiger partial charge in [0.05, 0.1) is 18.0 Å². The molecule has 0 fully saturated rings. The number of hydrogen-bond acceptors (Lipinski definition) is 6. The lowest BCUT2D eigenvalue weighted by molar-refractivity contribution is -0.142. The molecule has 0 bridgehead atoms. The number of aromatic nitrogens is 1. The average Bonchev–Trinajstić information content (AvgIpc) is 3.05. The fraction of sp³-hybridized carbons (Fsp3) is 0.261. The van der Waals surface area contributed by atoms with Crippen LogP contribution in [0.3, 0.4) is 0 Å². The molecule has 8 heteroatoms. The number of nitrogens with two attached hydrogens (primary N) is 1. The summed E-state index contributed by atoms with van der Waals surface area (Å²) >= 11 is 0. The Morgan fingerprint density at radius 1 is 1.19 bits per heavy atom.